The molecule has 1 aliphatic carbocycles. The van der Waals surface area contributed by atoms with Crippen molar-refractivity contribution in [2.75, 3.05) is 0 Å². The fourth-order valence-electron chi connectivity index (χ4n) is 3.32. The number of tetrazole rings is 1. The lowest BCUT2D eigenvalue weighted by atomic mass is 10.0. The Bertz CT molecular complexity index is 1030. The Hall–Kier alpha value is -3.09. The van der Waals surface area contributed by atoms with Crippen LogP contribution in [0.15, 0.2) is 41.2 Å². The summed E-state index contributed by atoms with van der Waals surface area (Å²) in [6, 6.07) is 11.0. The molecule has 1 aromatic heterocycles. The van der Waals surface area contributed by atoms with Gasteiger partial charge in [-0.3, -0.25) is 0 Å². The number of aromatic hydroxyl groups is 1. The van der Waals surface area contributed by atoms with E-state index in [0.717, 1.165) is 36.1 Å². The third kappa shape index (κ3) is 3.32. The smallest absolute Gasteiger partial charge is 0.368 e. The monoisotopic (exact) mass is 366 g/mol. The largest absolute Gasteiger partial charge is 0.508 e. The Labute approximate surface area is 156 Å². The summed E-state index contributed by atoms with van der Waals surface area (Å²) in [5.41, 5.74) is 3.51. The van der Waals surface area contributed by atoms with Gasteiger partial charge in [-0.15, -0.1) is 0 Å². The van der Waals surface area contributed by atoms with E-state index < -0.39 is 0 Å². The molecule has 0 atom stereocenters. The van der Waals surface area contributed by atoms with Crippen LogP contribution in [0.3, 0.4) is 0 Å². The van der Waals surface area contributed by atoms with E-state index in [1.54, 1.807) is 25.2 Å². The average molecular weight is 366 g/mol. The Morgan fingerprint density at radius 3 is 2.70 bits per heavy atom. The van der Waals surface area contributed by atoms with Gasteiger partial charge >= 0.3 is 5.69 Å². The summed E-state index contributed by atoms with van der Waals surface area (Å²) in [5, 5.41) is 17.5. The van der Waals surface area contributed by atoms with Crippen LogP contribution in [0, 0.1) is 0 Å². The second-order valence-electron chi connectivity index (χ2n) is 6.85. The molecule has 0 saturated heterocycles. The second kappa shape index (κ2) is 6.90. The molecule has 140 valence electrons. The number of phenols is 1. The van der Waals surface area contributed by atoms with Gasteiger partial charge in [0.05, 0.1) is 5.69 Å². The van der Waals surface area contributed by atoms with Gasteiger partial charge in [0.1, 0.15) is 18.1 Å². The first-order valence-electron chi connectivity index (χ1n) is 9.14. The van der Waals surface area contributed by atoms with Gasteiger partial charge < -0.3 is 9.84 Å². The van der Waals surface area contributed by atoms with Crippen molar-refractivity contribution in [3.8, 4) is 17.2 Å². The Morgan fingerprint density at radius 2 is 2.04 bits per heavy atom. The van der Waals surface area contributed by atoms with Crippen molar-refractivity contribution < 1.29 is 9.84 Å². The number of aromatic nitrogens is 4. The van der Waals surface area contributed by atoms with E-state index in [1.165, 1.54) is 14.9 Å². The van der Waals surface area contributed by atoms with Crippen molar-refractivity contribution in [3.63, 3.8) is 0 Å². The number of rotatable bonds is 6. The summed E-state index contributed by atoms with van der Waals surface area (Å²) in [7, 11) is 1.58. The zero-order chi connectivity index (χ0) is 19.0. The molecule has 0 unspecified atom stereocenters. The van der Waals surface area contributed by atoms with Crippen molar-refractivity contribution >= 4 is 0 Å². The van der Waals surface area contributed by atoms with Gasteiger partial charge in [0, 0.05) is 12.6 Å². The summed E-state index contributed by atoms with van der Waals surface area (Å²) in [5.74, 6) is 1.46. The maximum atomic E-state index is 12.4. The van der Waals surface area contributed by atoms with Crippen LogP contribution in [0.4, 0.5) is 0 Å². The average Bonchev–Trinajstić information content (AvgIpc) is 3.47. The van der Waals surface area contributed by atoms with E-state index in [-0.39, 0.29) is 11.4 Å². The Balaban J connectivity index is 1.73. The molecule has 0 aliphatic heterocycles. The molecule has 1 saturated carbocycles. The molecule has 7 nitrogen and oxygen atoms in total. The maximum absolute atomic E-state index is 12.4. The highest BCUT2D eigenvalue weighted by atomic mass is 16.5. The molecular formula is C20H22N4O3. The lowest BCUT2D eigenvalue weighted by Crippen LogP contribution is -2.23. The fourth-order valence-corrected chi connectivity index (χ4v) is 3.32. The number of aryl methyl sites for hydroxylation is 2. The van der Waals surface area contributed by atoms with Gasteiger partial charge in [0.15, 0.2) is 0 Å². The molecular weight excluding hydrogens is 344 g/mol. The van der Waals surface area contributed by atoms with E-state index in [1.807, 2.05) is 19.1 Å². The van der Waals surface area contributed by atoms with Crippen LogP contribution in [-0.4, -0.2) is 24.9 Å². The zero-order valence-electron chi connectivity index (χ0n) is 15.4. The SMILES string of the molecule is CCc1cc(O)ccc1OCc1c(C2CC2)cccc1-n1nnn(C)c1=O. The zero-order valence-corrected chi connectivity index (χ0v) is 15.4. The van der Waals surface area contributed by atoms with Gasteiger partial charge in [-0.05, 0) is 71.0 Å². The van der Waals surface area contributed by atoms with E-state index in [2.05, 4.69) is 16.5 Å². The lowest BCUT2D eigenvalue weighted by molar-refractivity contribution is 0.300. The van der Waals surface area contributed by atoms with Crippen molar-refractivity contribution in [2.24, 2.45) is 7.05 Å². The summed E-state index contributed by atoms with van der Waals surface area (Å²) >= 11 is 0. The number of nitrogens with zero attached hydrogens (tertiary/aromatic N) is 4. The molecule has 4 rings (SSSR count). The van der Waals surface area contributed by atoms with Crippen LogP contribution in [-0.2, 0) is 20.1 Å². The molecule has 7 heteroatoms. The van der Waals surface area contributed by atoms with Crippen molar-refractivity contribution in [1.82, 2.24) is 19.8 Å². The molecule has 0 spiro atoms. The number of phenolic OH excluding ortho intramolecular Hbond substituents is 1. The molecule has 3 aromatic rings. The quantitative estimate of drug-likeness (QED) is 0.725. The van der Waals surface area contributed by atoms with Gasteiger partial charge in [0.2, 0.25) is 0 Å². The number of benzene rings is 2. The molecule has 1 heterocycles. The van der Waals surface area contributed by atoms with Crippen LogP contribution in [0.5, 0.6) is 11.5 Å². The highest BCUT2D eigenvalue weighted by Crippen LogP contribution is 2.43. The molecule has 1 N–H and O–H groups in total. The first-order valence-corrected chi connectivity index (χ1v) is 9.14. The van der Waals surface area contributed by atoms with Gasteiger partial charge in [0.25, 0.3) is 0 Å². The topological polar surface area (TPSA) is 82.2 Å². The Kier molecular flexibility index (Phi) is 4.43. The third-order valence-corrected chi connectivity index (χ3v) is 4.95. The minimum atomic E-state index is -0.289. The van der Waals surface area contributed by atoms with Gasteiger partial charge in [-0.2, -0.15) is 9.36 Å². The van der Waals surface area contributed by atoms with E-state index in [0.29, 0.717) is 18.2 Å². The van der Waals surface area contributed by atoms with Gasteiger partial charge in [-0.1, -0.05) is 19.1 Å². The standard InChI is InChI=1S/C20H22N4O3/c1-3-13-11-15(25)9-10-19(13)27-12-17-16(14-7-8-14)5-4-6-18(17)24-20(26)23(2)21-22-24/h4-6,9-11,14,25H,3,7-8,12H2,1-2H3. The predicted molar refractivity (Wildman–Crippen MR) is 100 cm³/mol. The summed E-state index contributed by atoms with van der Waals surface area (Å²) < 4.78 is 8.65. The molecule has 0 radical (unpaired) electrons. The van der Waals surface area contributed by atoms with Crippen molar-refractivity contribution in [3.05, 3.63) is 63.6 Å². The predicted octanol–water partition coefficient (Wildman–Crippen LogP) is 2.69. The second-order valence-corrected chi connectivity index (χ2v) is 6.85. The number of hydrogen-bond donors (Lipinski definition) is 1. The van der Waals surface area contributed by atoms with E-state index in [9.17, 15) is 9.90 Å². The minimum Gasteiger partial charge on any atom is -0.508 e. The van der Waals surface area contributed by atoms with Crippen LogP contribution in [0.25, 0.3) is 5.69 Å². The highest BCUT2D eigenvalue weighted by Gasteiger charge is 2.28. The van der Waals surface area contributed by atoms with E-state index >= 15 is 0 Å². The first kappa shape index (κ1) is 17.3. The summed E-state index contributed by atoms with van der Waals surface area (Å²) in [6.45, 7) is 2.34. The Morgan fingerprint density at radius 1 is 1.22 bits per heavy atom. The molecule has 2 aromatic carbocycles. The first-order chi connectivity index (χ1) is 13.1. The van der Waals surface area contributed by atoms with Crippen LogP contribution < -0.4 is 10.4 Å². The van der Waals surface area contributed by atoms with Crippen molar-refractivity contribution in [2.45, 2.75) is 38.7 Å². The molecule has 0 amide bonds. The van der Waals surface area contributed by atoms with Crippen LogP contribution >= 0.6 is 0 Å². The van der Waals surface area contributed by atoms with E-state index in [4.69, 9.17) is 4.74 Å². The highest BCUT2D eigenvalue weighted by molar-refractivity contribution is 5.48. The maximum Gasteiger partial charge on any atom is 0.368 e. The third-order valence-electron chi connectivity index (χ3n) is 4.95. The normalized spacial score (nSPS) is 13.7. The van der Waals surface area contributed by atoms with Crippen molar-refractivity contribution in [1.29, 1.82) is 0 Å². The molecule has 1 fully saturated rings. The summed E-state index contributed by atoms with van der Waals surface area (Å²) in [6.07, 6.45) is 3.04. The lowest BCUT2D eigenvalue weighted by Gasteiger charge is -2.16. The van der Waals surface area contributed by atoms with Crippen LogP contribution in [0.1, 0.15) is 42.4 Å². The fraction of sp³-hybridized carbons (Fsp3) is 0.350. The number of ether oxygens (including phenoxy) is 1. The molecule has 1 aliphatic rings. The minimum absolute atomic E-state index is 0.226. The number of hydrogen-bond acceptors (Lipinski definition) is 5. The molecule has 27 heavy (non-hydrogen) atoms. The summed E-state index contributed by atoms with van der Waals surface area (Å²) in [4.78, 5) is 12.4. The van der Waals surface area contributed by atoms with Gasteiger partial charge in [-0.25, -0.2) is 4.79 Å². The molecule has 0 bridgehead atoms. The van der Waals surface area contributed by atoms with Crippen LogP contribution in [0.2, 0.25) is 0 Å².